The fourth-order valence-corrected chi connectivity index (χ4v) is 3.85. The Morgan fingerprint density at radius 2 is 1.88 bits per heavy atom. The number of nitrogens with one attached hydrogen (secondary N) is 1. The van der Waals surface area contributed by atoms with Gasteiger partial charge in [0, 0.05) is 23.8 Å². The van der Waals surface area contributed by atoms with Crippen molar-refractivity contribution < 1.29 is 9.53 Å². The summed E-state index contributed by atoms with van der Waals surface area (Å²) >= 11 is 1.33. The van der Waals surface area contributed by atoms with Crippen molar-refractivity contribution in [3.05, 3.63) is 78.4 Å². The summed E-state index contributed by atoms with van der Waals surface area (Å²) in [7, 11) is 0. The number of aryl methyl sites for hydroxylation is 1. The molecule has 33 heavy (non-hydrogen) atoms. The van der Waals surface area contributed by atoms with Gasteiger partial charge in [0.2, 0.25) is 5.91 Å². The summed E-state index contributed by atoms with van der Waals surface area (Å²) in [6, 6.07) is 15.7. The highest BCUT2D eigenvalue weighted by Crippen LogP contribution is 2.25. The Morgan fingerprint density at radius 3 is 2.58 bits per heavy atom. The third kappa shape index (κ3) is 5.75. The molecule has 0 bridgehead atoms. The molecule has 4 rings (SSSR count). The van der Waals surface area contributed by atoms with Crippen molar-refractivity contribution in [2.75, 3.05) is 11.1 Å². The number of hydrogen-bond acceptors (Lipinski definition) is 7. The molecule has 0 saturated carbocycles. The molecule has 0 aliphatic heterocycles. The number of anilines is 1. The van der Waals surface area contributed by atoms with Gasteiger partial charge in [-0.15, -0.1) is 10.2 Å². The minimum atomic E-state index is -0.132. The van der Waals surface area contributed by atoms with Crippen LogP contribution in [-0.2, 0) is 4.79 Å². The van der Waals surface area contributed by atoms with E-state index in [1.54, 1.807) is 36.9 Å². The first-order chi connectivity index (χ1) is 16.0. The van der Waals surface area contributed by atoms with Crippen LogP contribution in [0.25, 0.3) is 5.69 Å². The number of hydrogen-bond donors (Lipinski definition) is 1. The molecule has 2 heterocycles. The van der Waals surface area contributed by atoms with Gasteiger partial charge >= 0.3 is 6.01 Å². The Bertz CT molecular complexity index is 1230. The number of nitrogens with zero attached hydrogens (tertiary/aromatic N) is 5. The van der Waals surface area contributed by atoms with Crippen LogP contribution >= 0.6 is 11.8 Å². The van der Waals surface area contributed by atoms with Gasteiger partial charge in [0.25, 0.3) is 0 Å². The Balaban J connectivity index is 1.36. The summed E-state index contributed by atoms with van der Waals surface area (Å²) in [6.07, 6.45) is 4.88. The molecule has 168 valence electrons. The number of ether oxygens (including phenoxy) is 1. The lowest BCUT2D eigenvalue weighted by molar-refractivity contribution is -0.113. The summed E-state index contributed by atoms with van der Waals surface area (Å²) in [5, 5.41) is 11.8. The van der Waals surface area contributed by atoms with E-state index in [9.17, 15) is 4.79 Å². The lowest BCUT2D eigenvalue weighted by atomic mass is 10.0. The Kier molecular flexibility index (Phi) is 6.99. The van der Waals surface area contributed by atoms with Crippen LogP contribution in [0.1, 0.15) is 30.9 Å². The monoisotopic (exact) mass is 460 g/mol. The predicted octanol–water partition coefficient (Wildman–Crippen LogP) is 5.01. The van der Waals surface area contributed by atoms with E-state index in [4.69, 9.17) is 4.74 Å². The molecule has 8 nitrogen and oxygen atoms in total. The molecule has 0 fully saturated rings. The average molecular weight is 461 g/mol. The summed E-state index contributed by atoms with van der Waals surface area (Å²) in [5.74, 6) is 1.14. The third-order valence-electron chi connectivity index (χ3n) is 4.91. The molecule has 9 heteroatoms. The molecule has 0 aliphatic carbocycles. The molecule has 1 amide bonds. The molecule has 2 aromatic carbocycles. The fraction of sp³-hybridized carbons (Fsp3) is 0.208. The second-order valence-corrected chi connectivity index (χ2v) is 8.62. The molecular formula is C24H24N6O2S. The SMILES string of the molecule is Cc1cc(Oc2ncccn2)ccc1NC(=O)CSc1nncn1-c1ccc(C(C)C)cc1. The summed E-state index contributed by atoms with van der Waals surface area (Å²) in [4.78, 5) is 20.7. The molecule has 1 N–H and O–H groups in total. The van der Waals surface area contributed by atoms with E-state index in [1.807, 2.05) is 29.7 Å². The number of carbonyl (C=O) groups excluding carboxylic acids is 1. The van der Waals surface area contributed by atoms with E-state index in [2.05, 4.69) is 51.5 Å². The third-order valence-corrected chi connectivity index (χ3v) is 5.85. The highest BCUT2D eigenvalue weighted by molar-refractivity contribution is 7.99. The molecule has 0 saturated heterocycles. The van der Waals surface area contributed by atoms with Crippen molar-refractivity contribution in [3.8, 4) is 17.4 Å². The van der Waals surface area contributed by atoms with Gasteiger partial charge in [0.1, 0.15) is 12.1 Å². The first kappa shape index (κ1) is 22.5. The van der Waals surface area contributed by atoms with Crippen molar-refractivity contribution in [3.63, 3.8) is 0 Å². The normalized spacial score (nSPS) is 10.9. The van der Waals surface area contributed by atoms with Crippen LogP contribution < -0.4 is 10.1 Å². The second kappa shape index (κ2) is 10.3. The predicted molar refractivity (Wildman–Crippen MR) is 128 cm³/mol. The largest absolute Gasteiger partial charge is 0.424 e. The molecule has 0 unspecified atom stereocenters. The zero-order chi connectivity index (χ0) is 23.2. The van der Waals surface area contributed by atoms with Crippen molar-refractivity contribution in [1.82, 2.24) is 24.7 Å². The molecular weight excluding hydrogens is 436 g/mol. The molecule has 4 aromatic rings. The maximum Gasteiger partial charge on any atom is 0.321 e. The topological polar surface area (TPSA) is 94.8 Å². The van der Waals surface area contributed by atoms with E-state index >= 15 is 0 Å². The van der Waals surface area contributed by atoms with E-state index in [-0.39, 0.29) is 17.7 Å². The maximum absolute atomic E-state index is 12.6. The van der Waals surface area contributed by atoms with Gasteiger partial charge in [-0.3, -0.25) is 9.36 Å². The fourth-order valence-electron chi connectivity index (χ4n) is 3.12. The highest BCUT2D eigenvalue weighted by Gasteiger charge is 2.12. The maximum atomic E-state index is 12.6. The van der Waals surface area contributed by atoms with Crippen LogP contribution in [0, 0.1) is 6.92 Å². The highest BCUT2D eigenvalue weighted by atomic mass is 32.2. The zero-order valence-corrected chi connectivity index (χ0v) is 19.4. The Labute approximate surface area is 196 Å². The molecule has 0 aliphatic rings. The lowest BCUT2D eigenvalue weighted by Gasteiger charge is -2.11. The van der Waals surface area contributed by atoms with Crippen molar-refractivity contribution in [2.24, 2.45) is 0 Å². The van der Waals surface area contributed by atoms with Crippen molar-refractivity contribution in [1.29, 1.82) is 0 Å². The van der Waals surface area contributed by atoms with Crippen LogP contribution in [-0.4, -0.2) is 36.4 Å². The summed E-state index contributed by atoms with van der Waals surface area (Å²) in [6.45, 7) is 6.22. The minimum Gasteiger partial charge on any atom is -0.424 e. The van der Waals surface area contributed by atoms with Crippen LogP contribution in [0.2, 0.25) is 0 Å². The molecule has 0 spiro atoms. The van der Waals surface area contributed by atoms with E-state index < -0.39 is 0 Å². The van der Waals surface area contributed by atoms with Crippen molar-refractivity contribution in [2.45, 2.75) is 31.8 Å². The standard InChI is InChI=1S/C24H24N6O2S/c1-16(2)18-5-7-19(8-6-18)30-15-27-29-24(30)33-14-22(31)28-21-10-9-20(13-17(21)3)32-23-25-11-4-12-26-23/h4-13,15-16H,14H2,1-3H3,(H,28,31). The smallest absolute Gasteiger partial charge is 0.321 e. The van der Waals surface area contributed by atoms with Crippen LogP contribution in [0.15, 0.2) is 72.4 Å². The van der Waals surface area contributed by atoms with Gasteiger partial charge < -0.3 is 10.1 Å². The first-order valence-corrected chi connectivity index (χ1v) is 11.5. The Hall–Kier alpha value is -3.72. The van der Waals surface area contributed by atoms with Crippen LogP contribution in [0.3, 0.4) is 0 Å². The number of aromatic nitrogens is 5. The molecule has 0 atom stereocenters. The van der Waals surface area contributed by atoms with Gasteiger partial charge in [0.05, 0.1) is 5.75 Å². The van der Waals surface area contributed by atoms with Gasteiger partial charge in [-0.05, 0) is 60.4 Å². The van der Waals surface area contributed by atoms with Crippen molar-refractivity contribution >= 4 is 23.4 Å². The lowest BCUT2D eigenvalue weighted by Crippen LogP contribution is -2.15. The average Bonchev–Trinajstić information content (AvgIpc) is 3.29. The number of thioether (sulfide) groups is 1. The zero-order valence-electron chi connectivity index (χ0n) is 18.6. The summed E-state index contributed by atoms with van der Waals surface area (Å²) < 4.78 is 7.51. The molecule has 0 radical (unpaired) electrons. The number of amides is 1. The van der Waals surface area contributed by atoms with Gasteiger partial charge in [-0.25, -0.2) is 9.97 Å². The van der Waals surface area contributed by atoms with E-state index in [1.165, 1.54) is 17.3 Å². The van der Waals surface area contributed by atoms with Gasteiger partial charge in [-0.1, -0.05) is 37.7 Å². The van der Waals surface area contributed by atoms with Crippen LogP contribution in [0.5, 0.6) is 11.8 Å². The second-order valence-electron chi connectivity index (χ2n) is 7.68. The van der Waals surface area contributed by atoms with Gasteiger partial charge in [-0.2, -0.15) is 0 Å². The van der Waals surface area contributed by atoms with E-state index in [0.29, 0.717) is 22.5 Å². The number of rotatable bonds is 8. The summed E-state index contributed by atoms with van der Waals surface area (Å²) in [5.41, 5.74) is 3.81. The quantitative estimate of drug-likeness (QED) is 0.369. The van der Waals surface area contributed by atoms with Crippen LogP contribution in [0.4, 0.5) is 5.69 Å². The molecule has 2 aromatic heterocycles. The Morgan fingerprint density at radius 1 is 1.12 bits per heavy atom. The van der Waals surface area contributed by atoms with E-state index in [0.717, 1.165) is 11.3 Å². The minimum absolute atomic E-state index is 0.132. The number of benzene rings is 2. The number of carbonyl (C=O) groups is 1. The first-order valence-electron chi connectivity index (χ1n) is 10.5. The van der Waals surface area contributed by atoms with Gasteiger partial charge in [0.15, 0.2) is 5.16 Å².